The van der Waals surface area contributed by atoms with Gasteiger partial charge in [0.25, 0.3) is 0 Å². The van der Waals surface area contributed by atoms with E-state index in [1.165, 1.54) is 17.0 Å². The first-order chi connectivity index (χ1) is 9.15. The number of rotatable bonds is 2. The Morgan fingerprint density at radius 1 is 1.35 bits per heavy atom. The highest BCUT2D eigenvalue weighted by atomic mass is 19.4. The molecular formula is C12H13F3N2O3. The van der Waals surface area contributed by atoms with Gasteiger partial charge < -0.3 is 20.1 Å². The van der Waals surface area contributed by atoms with Crippen LogP contribution in [0, 0.1) is 0 Å². The molecular weight excluding hydrogens is 277 g/mol. The first-order valence-corrected chi connectivity index (χ1v) is 5.79. The summed E-state index contributed by atoms with van der Waals surface area (Å²) in [6.45, 7) is 2.04. The molecule has 1 fully saturated rings. The number of carbonyl (C=O) groups excluding carboxylic acids is 1. The van der Waals surface area contributed by atoms with Gasteiger partial charge in [-0.05, 0) is 31.2 Å². The zero-order valence-corrected chi connectivity index (χ0v) is 10.6. The summed E-state index contributed by atoms with van der Waals surface area (Å²) in [5, 5.41) is 12.0. The van der Waals surface area contributed by atoms with Crippen LogP contribution >= 0.6 is 0 Å². The lowest BCUT2D eigenvalue weighted by molar-refractivity contribution is -0.274. The van der Waals surface area contributed by atoms with E-state index in [1.54, 1.807) is 6.92 Å². The van der Waals surface area contributed by atoms with E-state index in [0.29, 0.717) is 5.69 Å². The Balaban J connectivity index is 1.89. The minimum absolute atomic E-state index is 0.216. The molecule has 0 aliphatic carbocycles. The third kappa shape index (κ3) is 3.77. The average molecular weight is 290 g/mol. The first-order valence-electron chi connectivity index (χ1n) is 5.79. The summed E-state index contributed by atoms with van der Waals surface area (Å²) in [7, 11) is 0. The molecule has 0 atom stereocenters. The standard InChI is InChI=1S/C12H13F3N2O3/c1-11(19)6-17(7-11)10(18)16-8-2-4-9(5-3-8)20-12(13,14)15/h2-5,19H,6-7H2,1H3,(H,16,18). The highest BCUT2D eigenvalue weighted by Crippen LogP contribution is 2.25. The van der Waals surface area contributed by atoms with Gasteiger partial charge in [-0.25, -0.2) is 4.79 Å². The van der Waals surface area contributed by atoms with Crippen LogP contribution in [0.25, 0.3) is 0 Å². The number of ether oxygens (including phenoxy) is 1. The van der Waals surface area contributed by atoms with Crippen LogP contribution < -0.4 is 10.1 Å². The number of nitrogens with one attached hydrogen (secondary N) is 1. The van der Waals surface area contributed by atoms with Gasteiger partial charge in [-0.1, -0.05) is 0 Å². The number of aliphatic hydroxyl groups is 1. The maximum Gasteiger partial charge on any atom is 0.573 e. The minimum Gasteiger partial charge on any atom is -0.406 e. The molecule has 1 saturated heterocycles. The van der Waals surface area contributed by atoms with E-state index in [-0.39, 0.29) is 18.8 Å². The number of amides is 2. The van der Waals surface area contributed by atoms with Crippen molar-refractivity contribution < 1.29 is 27.8 Å². The van der Waals surface area contributed by atoms with Gasteiger partial charge in [-0.3, -0.25) is 0 Å². The number of nitrogens with zero attached hydrogens (tertiary/aromatic N) is 1. The summed E-state index contributed by atoms with van der Waals surface area (Å²) >= 11 is 0. The quantitative estimate of drug-likeness (QED) is 0.877. The maximum atomic E-state index is 12.0. The fourth-order valence-corrected chi connectivity index (χ4v) is 1.86. The molecule has 8 heteroatoms. The molecule has 110 valence electrons. The van der Waals surface area contributed by atoms with Crippen molar-refractivity contribution >= 4 is 11.7 Å². The number of halogens is 3. The van der Waals surface area contributed by atoms with Gasteiger partial charge >= 0.3 is 12.4 Å². The number of benzene rings is 1. The Hall–Kier alpha value is -1.96. The summed E-state index contributed by atoms with van der Waals surface area (Å²) in [6, 6.07) is 4.40. The number of carbonyl (C=O) groups is 1. The fourth-order valence-electron chi connectivity index (χ4n) is 1.86. The number of urea groups is 1. The van der Waals surface area contributed by atoms with E-state index in [9.17, 15) is 23.1 Å². The second-order valence-corrected chi connectivity index (χ2v) is 4.86. The highest BCUT2D eigenvalue weighted by Gasteiger charge is 2.39. The van der Waals surface area contributed by atoms with E-state index in [2.05, 4.69) is 10.1 Å². The van der Waals surface area contributed by atoms with E-state index in [0.717, 1.165) is 12.1 Å². The molecule has 0 unspecified atom stereocenters. The Morgan fingerprint density at radius 3 is 2.35 bits per heavy atom. The molecule has 2 amide bonds. The number of likely N-dealkylation sites (tertiary alicyclic amines) is 1. The highest BCUT2D eigenvalue weighted by molar-refractivity contribution is 5.90. The Morgan fingerprint density at radius 2 is 1.90 bits per heavy atom. The topological polar surface area (TPSA) is 61.8 Å². The third-order valence-corrected chi connectivity index (χ3v) is 2.69. The van der Waals surface area contributed by atoms with Gasteiger partial charge in [0.2, 0.25) is 0 Å². The van der Waals surface area contributed by atoms with Crippen molar-refractivity contribution in [2.45, 2.75) is 18.9 Å². The minimum atomic E-state index is -4.74. The zero-order chi connectivity index (χ0) is 15.0. The maximum absolute atomic E-state index is 12.0. The van der Waals surface area contributed by atoms with Gasteiger partial charge in [0.05, 0.1) is 18.7 Å². The van der Waals surface area contributed by atoms with Gasteiger partial charge in [0.15, 0.2) is 0 Å². The molecule has 20 heavy (non-hydrogen) atoms. The van der Waals surface area contributed by atoms with Crippen LogP contribution in [0.2, 0.25) is 0 Å². The lowest BCUT2D eigenvalue weighted by atomic mass is 9.98. The summed E-state index contributed by atoms with van der Waals surface area (Å²) in [6.07, 6.45) is -4.74. The molecule has 1 aromatic rings. The molecule has 0 saturated carbocycles. The van der Waals surface area contributed by atoms with Crippen molar-refractivity contribution in [3.63, 3.8) is 0 Å². The Labute approximate surface area is 112 Å². The Bertz CT molecular complexity index is 492. The zero-order valence-electron chi connectivity index (χ0n) is 10.6. The normalized spacial score (nSPS) is 17.4. The second-order valence-electron chi connectivity index (χ2n) is 4.86. The largest absolute Gasteiger partial charge is 0.573 e. The van der Waals surface area contributed by atoms with Crippen LogP contribution in [0.5, 0.6) is 5.75 Å². The van der Waals surface area contributed by atoms with Crippen LogP contribution in [0.3, 0.4) is 0 Å². The van der Waals surface area contributed by atoms with Crippen molar-refractivity contribution in [2.24, 2.45) is 0 Å². The molecule has 0 bridgehead atoms. The lowest BCUT2D eigenvalue weighted by Crippen LogP contribution is -2.62. The molecule has 5 nitrogen and oxygen atoms in total. The van der Waals surface area contributed by atoms with Crippen LogP contribution in [0.4, 0.5) is 23.7 Å². The summed E-state index contributed by atoms with van der Waals surface area (Å²) in [4.78, 5) is 13.1. The van der Waals surface area contributed by atoms with Gasteiger partial charge in [0, 0.05) is 5.69 Å². The van der Waals surface area contributed by atoms with E-state index in [4.69, 9.17) is 0 Å². The van der Waals surface area contributed by atoms with E-state index < -0.39 is 18.0 Å². The van der Waals surface area contributed by atoms with Crippen LogP contribution in [0.15, 0.2) is 24.3 Å². The van der Waals surface area contributed by atoms with Gasteiger partial charge in [-0.15, -0.1) is 13.2 Å². The molecule has 0 aromatic heterocycles. The molecule has 2 rings (SSSR count). The lowest BCUT2D eigenvalue weighted by Gasteiger charge is -2.43. The number of β-amino-alcohol motifs (C(OH)–C–C–N with tert-alkyl or cyclic N) is 1. The van der Waals surface area contributed by atoms with Crippen molar-refractivity contribution in [1.29, 1.82) is 0 Å². The molecule has 0 radical (unpaired) electrons. The van der Waals surface area contributed by atoms with Crippen molar-refractivity contribution in [2.75, 3.05) is 18.4 Å². The summed E-state index contributed by atoms with van der Waals surface area (Å²) < 4.78 is 39.6. The Kier molecular flexibility index (Phi) is 3.51. The molecule has 1 aliphatic heterocycles. The van der Waals surface area contributed by atoms with E-state index >= 15 is 0 Å². The van der Waals surface area contributed by atoms with E-state index in [1.807, 2.05) is 0 Å². The number of hydrogen-bond acceptors (Lipinski definition) is 3. The molecule has 0 spiro atoms. The number of anilines is 1. The van der Waals surface area contributed by atoms with Crippen LogP contribution in [0.1, 0.15) is 6.92 Å². The SMILES string of the molecule is CC1(O)CN(C(=O)Nc2ccc(OC(F)(F)F)cc2)C1. The monoisotopic (exact) mass is 290 g/mol. The molecule has 1 heterocycles. The van der Waals surface area contributed by atoms with Gasteiger partial charge in [0.1, 0.15) is 5.75 Å². The molecule has 1 aromatic carbocycles. The second kappa shape index (κ2) is 4.86. The average Bonchev–Trinajstić information content (AvgIpc) is 2.26. The van der Waals surface area contributed by atoms with Crippen LogP contribution in [-0.4, -0.2) is 41.1 Å². The van der Waals surface area contributed by atoms with Crippen molar-refractivity contribution in [3.05, 3.63) is 24.3 Å². The van der Waals surface area contributed by atoms with Gasteiger partial charge in [-0.2, -0.15) is 0 Å². The smallest absolute Gasteiger partial charge is 0.406 e. The molecule has 2 N–H and O–H groups in total. The first kappa shape index (κ1) is 14.4. The predicted molar refractivity (Wildman–Crippen MR) is 64.3 cm³/mol. The van der Waals surface area contributed by atoms with Crippen molar-refractivity contribution in [3.8, 4) is 5.75 Å². The predicted octanol–water partition coefficient (Wildman–Crippen LogP) is 2.18. The van der Waals surface area contributed by atoms with Crippen LogP contribution in [-0.2, 0) is 0 Å². The summed E-state index contributed by atoms with van der Waals surface area (Å²) in [5.74, 6) is -0.359. The number of hydrogen-bond donors (Lipinski definition) is 2. The third-order valence-electron chi connectivity index (χ3n) is 2.69. The van der Waals surface area contributed by atoms with Crippen molar-refractivity contribution in [1.82, 2.24) is 4.90 Å². The number of alkyl halides is 3. The fraction of sp³-hybridized carbons (Fsp3) is 0.417. The summed E-state index contributed by atoms with van der Waals surface area (Å²) in [5.41, 5.74) is -0.530. The molecule has 1 aliphatic rings.